The Morgan fingerprint density at radius 3 is 2.57 bits per heavy atom. The van der Waals surface area contributed by atoms with Gasteiger partial charge >= 0.3 is 0 Å². The van der Waals surface area contributed by atoms with Crippen molar-refractivity contribution in [1.82, 2.24) is 25.7 Å². The van der Waals surface area contributed by atoms with Crippen LogP contribution in [0.25, 0.3) is 11.0 Å². The van der Waals surface area contributed by atoms with E-state index in [1.54, 1.807) is 34.9 Å². The van der Waals surface area contributed by atoms with Crippen molar-refractivity contribution in [3.05, 3.63) is 83.5 Å². The molecule has 0 aliphatic rings. The van der Waals surface area contributed by atoms with Gasteiger partial charge in [-0.25, -0.2) is 4.98 Å². The lowest BCUT2D eigenvalue weighted by Gasteiger charge is -2.15. The number of rotatable bonds is 8. The lowest BCUT2D eigenvalue weighted by molar-refractivity contribution is -0.130. The molecule has 35 heavy (non-hydrogen) atoms. The van der Waals surface area contributed by atoms with Crippen molar-refractivity contribution < 1.29 is 23.5 Å². The summed E-state index contributed by atoms with van der Waals surface area (Å²) >= 11 is 5.91. The molecule has 0 radical (unpaired) electrons. The Morgan fingerprint density at radius 2 is 1.83 bits per heavy atom. The fourth-order valence-corrected chi connectivity index (χ4v) is 3.38. The first kappa shape index (κ1) is 23.8. The molecule has 180 valence electrons. The van der Waals surface area contributed by atoms with E-state index in [2.05, 4.69) is 21.2 Å². The lowest BCUT2D eigenvalue weighted by Crippen LogP contribution is -2.51. The van der Waals surface area contributed by atoms with Gasteiger partial charge in [-0.3, -0.25) is 25.2 Å². The summed E-state index contributed by atoms with van der Waals surface area (Å²) in [5.41, 5.74) is 6.12. The van der Waals surface area contributed by atoms with E-state index >= 15 is 0 Å². The van der Waals surface area contributed by atoms with Gasteiger partial charge < -0.3 is 19.0 Å². The molecule has 4 rings (SSSR count). The van der Waals surface area contributed by atoms with Crippen LogP contribution in [-0.2, 0) is 22.7 Å². The smallest absolute Gasteiger partial charge is 0.287 e. The second-order valence-corrected chi connectivity index (χ2v) is 7.99. The highest BCUT2D eigenvalue weighted by atomic mass is 35.5. The number of carbonyl (C=O) groups excluding carboxylic acids is 3. The number of hydrogen-bond acceptors (Lipinski definition) is 6. The first-order chi connectivity index (χ1) is 16.9. The van der Waals surface area contributed by atoms with Gasteiger partial charge in [0.05, 0.1) is 17.3 Å². The quantitative estimate of drug-likeness (QED) is 0.322. The van der Waals surface area contributed by atoms with Crippen molar-refractivity contribution in [2.45, 2.75) is 26.1 Å². The molecular formula is C24H22ClN5O5. The largest absolute Gasteiger partial charge is 0.486 e. The van der Waals surface area contributed by atoms with E-state index in [0.29, 0.717) is 22.1 Å². The van der Waals surface area contributed by atoms with Gasteiger partial charge in [-0.2, -0.15) is 0 Å². The molecule has 2 heterocycles. The van der Waals surface area contributed by atoms with Crippen LogP contribution in [0.5, 0.6) is 5.75 Å². The zero-order chi connectivity index (χ0) is 24.8. The minimum Gasteiger partial charge on any atom is -0.486 e. The van der Waals surface area contributed by atoms with Crippen LogP contribution in [0.3, 0.4) is 0 Å². The lowest BCUT2D eigenvalue weighted by atomic mass is 10.3. The Hall–Kier alpha value is -4.31. The average Bonchev–Trinajstić information content (AvgIpc) is 3.51. The van der Waals surface area contributed by atoms with Crippen LogP contribution < -0.4 is 20.9 Å². The summed E-state index contributed by atoms with van der Waals surface area (Å²) in [6, 6.07) is 16.4. The average molecular weight is 496 g/mol. The predicted molar refractivity (Wildman–Crippen MR) is 127 cm³/mol. The number of hydrazine groups is 1. The summed E-state index contributed by atoms with van der Waals surface area (Å²) < 4.78 is 12.5. The third kappa shape index (κ3) is 5.98. The molecule has 1 atom stereocenters. The Bertz CT molecular complexity index is 1330. The highest BCUT2D eigenvalue weighted by Crippen LogP contribution is 2.20. The third-order valence-electron chi connectivity index (χ3n) is 5.03. The molecule has 1 unspecified atom stereocenters. The number of amides is 3. The number of nitrogens with one attached hydrogen (secondary N) is 3. The number of imidazole rings is 1. The number of furan rings is 1. The van der Waals surface area contributed by atoms with Crippen LogP contribution in [-0.4, -0.2) is 33.3 Å². The summed E-state index contributed by atoms with van der Waals surface area (Å²) in [5, 5.41) is 3.08. The van der Waals surface area contributed by atoms with Crippen molar-refractivity contribution in [2.75, 3.05) is 0 Å². The molecule has 2 aromatic heterocycles. The van der Waals surface area contributed by atoms with Gasteiger partial charge in [-0.1, -0.05) is 23.7 Å². The Morgan fingerprint density at radius 1 is 1.06 bits per heavy atom. The second kappa shape index (κ2) is 10.7. The van der Waals surface area contributed by atoms with Crippen molar-refractivity contribution in [3.63, 3.8) is 0 Å². The molecule has 10 nitrogen and oxygen atoms in total. The number of halogens is 1. The maximum absolute atomic E-state index is 12.6. The first-order valence-corrected chi connectivity index (χ1v) is 11.0. The summed E-state index contributed by atoms with van der Waals surface area (Å²) in [6.07, 6.45) is 1.36. The van der Waals surface area contributed by atoms with Crippen molar-refractivity contribution in [2.24, 2.45) is 0 Å². The molecule has 0 spiro atoms. The first-order valence-electron chi connectivity index (χ1n) is 10.7. The van der Waals surface area contributed by atoms with E-state index in [-0.39, 0.29) is 18.9 Å². The molecule has 0 aliphatic carbocycles. The topological polar surface area (TPSA) is 127 Å². The summed E-state index contributed by atoms with van der Waals surface area (Å²) in [6.45, 7) is 1.48. The Balaban J connectivity index is 1.37. The maximum atomic E-state index is 12.6. The predicted octanol–water partition coefficient (Wildman–Crippen LogP) is 2.83. The normalized spacial score (nSPS) is 11.6. The van der Waals surface area contributed by atoms with E-state index in [9.17, 15) is 14.4 Å². The zero-order valence-electron chi connectivity index (χ0n) is 18.7. The van der Waals surface area contributed by atoms with Gasteiger partial charge in [0.2, 0.25) is 0 Å². The van der Waals surface area contributed by atoms with Crippen LogP contribution in [0.1, 0.15) is 23.3 Å². The van der Waals surface area contributed by atoms with Crippen molar-refractivity contribution >= 4 is 40.4 Å². The van der Waals surface area contributed by atoms with Gasteiger partial charge in [-0.05, 0) is 55.5 Å². The fraction of sp³-hybridized carbons (Fsp3) is 0.167. The maximum Gasteiger partial charge on any atom is 0.287 e. The molecule has 0 aliphatic heterocycles. The molecule has 0 saturated carbocycles. The number of hydrogen-bond donors (Lipinski definition) is 3. The van der Waals surface area contributed by atoms with Crippen LogP contribution in [0.15, 0.2) is 71.3 Å². The zero-order valence-corrected chi connectivity index (χ0v) is 19.4. The summed E-state index contributed by atoms with van der Waals surface area (Å²) in [5.74, 6) is -0.413. The fourth-order valence-electron chi connectivity index (χ4n) is 3.25. The van der Waals surface area contributed by atoms with Crippen molar-refractivity contribution in [1.29, 1.82) is 0 Å². The molecule has 2 aromatic carbocycles. The molecular weight excluding hydrogens is 474 g/mol. The minimum atomic E-state index is -0.912. The molecule has 0 fully saturated rings. The van der Waals surface area contributed by atoms with Crippen LogP contribution in [0.2, 0.25) is 5.02 Å². The molecule has 4 aromatic rings. The Labute approximate surface area is 205 Å². The van der Waals surface area contributed by atoms with Gasteiger partial charge in [0.15, 0.2) is 5.76 Å². The number of nitrogens with zero attached hydrogens (tertiary/aromatic N) is 2. The van der Waals surface area contributed by atoms with Crippen LogP contribution >= 0.6 is 11.6 Å². The summed E-state index contributed by atoms with van der Waals surface area (Å²) in [7, 11) is 0. The third-order valence-corrected chi connectivity index (χ3v) is 5.28. The molecule has 3 N–H and O–H groups in total. The molecule has 0 bridgehead atoms. The molecule has 3 amide bonds. The van der Waals surface area contributed by atoms with E-state index in [1.807, 2.05) is 24.3 Å². The van der Waals surface area contributed by atoms with Gasteiger partial charge in [0.25, 0.3) is 17.7 Å². The van der Waals surface area contributed by atoms with Gasteiger partial charge in [0, 0.05) is 5.02 Å². The highest BCUT2D eigenvalue weighted by Gasteiger charge is 2.19. The Kier molecular flexibility index (Phi) is 7.32. The minimum absolute atomic E-state index is 0.0778. The van der Waals surface area contributed by atoms with E-state index in [1.165, 1.54) is 19.3 Å². The van der Waals surface area contributed by atoms with Gasteiger partial charge in [0.1, 0.15) is 30.8 Å². The van der Waals surface area contributed by atoms with Crippen LogP contribution in [0, 0.1) is 0 Å². The van der Waals surface area contributed by atoms with E-state index in [4.69, 9.17) is 20.8 Å². The number of carbonyl (C=O) groups is 3. The second-order valence-electron chi connectivity index (χ2n) is 7.56. The van der Waals surface area contributed by atoms with Crippen LogP contribution in [0.4, 0.5) is 0 Å². The number of fused-ring (bicyclic) bond motifs is 1. The van der Waals surface area contributed by atoms with Gasteiger partial charge in [-0.15, -0.1) is 0 Å². The number of ether oxygens (including phenoxy) is 1. The number of benzene rings is 2. The number of aromatic nitrogens is 2. The monoisotopic (exact) mass is 495 g/mol. The number of para-hydroxylation sites is 2. The highest BCUT2D eigenvalue weighted by molar-refractivity contribution is 6.30. The molecule has 0 saturated heterocycles. The van der Waals surface area contributed by atoms with Crippen molar-refractivity contribution in [3.8, 4) is 5.75 Å². The van der Waals surface area contributed by atoms with E-state index in [0.717, 1.165) is 5.52 Å². The van der Waals surface area contributed by atoms with E-state index < -0.39 is 23.8 Å². The standard InChI is InChI=1S/C24H22ClN5O5/c1-15(26-24(33)20-7-4-12-34-20)23(32)29-28-22(31)13-30-19-6-3-2-5-18(19)27-21(30)14-35-17-10-8-16(25)9-11-17/h2-12,15H,13-14H2,1H3,(H,26,33)(H,28,31)(H,29,32). The summed E-state index contributed by atoms with van der Waals surface area (Å²) in [4.78, 5) is 41.5. The SMILES string of the molecule is CC(NC(=O)c1ccco1)C(=O)NNC(=O)Cn1c(COc2ccc(Cl)cc2)nc2ccccc21. The molecule has 11 heteroatoms.